The van der Waals surface area contributed by atoms with Gasteiger partial charge in [0, 0.05) is 12.4 Å². The van der Waals surface area contributed by atoms with Crippen molar-refractivity contribution < 1.29 is 14.5 Å². The Balaban J connectivity index is 2.20. The van der Waals surface area contributed by atoms with Crippen LogP contribution in [0.3, 0.4) is 0 Å². The van der Waals surface area contributed by atoms with Crippen molar-refractivity contribution >= 4 is 5.97 Å². The molecule has 0 spiro atoms. The number of nitrogens with zero attached hydrogens (tertiary/aromatic N) is 2. The molecule has 144 valence electrons. The first-order valence-corrected chi connectivity index (χ1v) is 10.5. The van der Waals surface area contributed by atoms with E-state index in [1.54, 1.807) is 0 Å². The normalized spacial score (nSPS) is 11.1. The van der Waals surface area contributed by atoms with E-state index in [0.717, 1.165) is 19.5 Å². The largest absolute Gasteiger partial charge is 0.550 e. The van der Waals surface area contributed by atoms with Gasteiger partial charge in [-0.1, -0.05) is 64.7 Å². The molecule has 1 aromatic rings. The molecule has 0 aliphatic carbocycles. The molecule has 0 aliphatic rings. The van der Waals surface area contributed by atoms with Crippen molar-refractivity contribution in [1.29, 1.82) is 0 Å². The average Bonchev–Trinajstić information content (AvgIpc) is 2.98. The van der Waals surface area contributed by atoms with Crippen molar-refractivity contribution in [2.45, 2.75) is 110 Å². The monoisotopic (exact) mass is 350 g/mol. The molecule has 0 saturated carbocycles. The Morgan fingerprint density at radius 1 is 0.960 bits per heavy atom. The minimum absolute atomic E-state index is 0.141. The van der Waals surface area contributed by atoms with Crippen LogP contribution in [0.2, 0.25) is 0 Å². The summed E-state index contributed by atoms with van der Waals surface area (Å²) < 4.78 is 4.51. The highest BCUT2D eigenvalue weighted by Crippen LogP contribution is 2.12. The summed E-state index contributed by atoms with van der Waals surface area (Å²) in [7, 11) is 0. The fourth-order valence-electron chi connectivity index (χ4n) is 3.44. The second-order valence-corrected chi connectivity index (χ2v) is 7.10. The van der Waals surface area contributed by atoms with Crippen LogP contribution in [0.1, 0.15) is 96.7 Å². The third-order valence-electron chi connectivity index (χ3n) is 4.96. The van der Waals surface area contributed by atoms with Crippen LogP contribution >= 0.6 is 0 Å². The van der Waals surface area contributed by atoms with E-state index in [0.29, 0.717) is 6.42 Å². The maximum Gasteiger partial charge on any atom is 0.256 e. The van der Waals surface area contributed by atoms with Crippen molar-refractivity contribution in [2.75, 3.05) is 0 Å². The lowest BCUT2D eigenvalue weighted by atomic mass is 10.1. The van der Waals surface area contributed by atoms with Crippen LogP contribution < -0.4 is 9.67 Å². The highest BCUT2D eigenvalue weighted by molar-refractivity contribution is 5.63. The molecule has 0 unspecified atom stereocenters. The lowest BCUT2D eigenvalue weighted by Gasteiger charge is -2.05. The van der Waals surface area contributed by atoms with Crippen LogP contribution in [-0.4, -0.2) is 10.5 Å². The number of hydrogen-bond acceptors (Lipinski definition) is 2. The fraction of sp³-hybridized carbons (Fsp3) is 0.810. The summed E-state index contributed by atoms with van der Waals surface area (Å²) >= 11 is 0. The van der Waals surface area contributed by atoms with E-state index in [9.17, 15) is 9.90 Å². The number of carboxylic acids is 1. The van der Waals surface area contributed by atoms with Crippen molar-refractivity contribution in [3.8, 4) is 0 Å². The van der Waals surface area contributed by atoms with Gasteiger partial charge in [0.25, 0.3) is 5.82 Å². The molecular weight excluding hydrogens is 312 g/mol. The highest BCUT2D eigenvalue weighted by atomic mass is 16.4. The van der Waals surface area contributed by atoms with E-state index in [1.807, 2.05) is 0 Å². The van der Waals surface area contributed by atoms with Gasteiger partial charge in [-0.2, -0.15) is 0 Å². The van der Waals surface area contributed by atoms with E-state index in [2.05, 4.69) is 35.4 Å². The van der Waals surface area contributed by atoms with Gasteiger partial charge < -0.3 is 9.90 Å². The summed E-state index contributed by atoms with van der Waals surface area (Å²) in [4.78, 5) is 10.6. The van der Waals surface area contributed by atoms with Crippen molar-refractivity contribution in [2.24, 2.45) is 0 Å². The third-order valence-corrected chi connectivity index (χ3v) is 4.96. The molecule has 0 atom stereocenters. The molecule has 4 nitrogen and oxygen atoms in total. The van der Waals surface area contributed by atoms with Crippen molar-refractivity contribution in [1.82, 2.24) is 4.57 Å². The molecule has 1 aromatic heterocycles. The zero-order valence-electron chi connectivity index (χ0n) is 16.5. The van der Waals surface area contributed by atoms with Crippen molar-refractivity contribution in [3.63, 3.8) is 0 Å². The van der Waals surface area contributed by atoms with Gasteiger partial charge in [-0.15, -0.1) is 0 Å². The molecule has 0 amide bonds. The van der Waals surface area contributed by atoms with Gasteiger partial charge in [0.2, 0.25) is 0 Å². The number of unbranched alkanes of at least 4 members (excludes halogenated alkanes) is 9. The smallest absolute Gasteiger partial charge is 0.256 e. The number of carbonyl (C=O) groups excluding carboxylic acids is 1. The Morgan fingerprint density at radius 2 is 1.56 bits per heavy atom. The van der Waals surface area contributed by atoms with Gasteiger partial charge >= 0.3 is 0 Å². The Morgan fingerprint density at radius 3 is 2.12 bits per heavy atom. The number of imidazole rings is 1. The minimum atomic E-state index is -0.952. The van der Waals surface area contributed by atoms with Gasteiger partial charge in [-0.05, 0) is 26.2 Å². The van der Waals surface area contributed by atoms with Crippen LogP contribution in [0.25, 0.3) is 0 Å². The summed E-state index contributed by atoms with van der Waals surface area (Å²) in [6.45, 7) is 6.17. The minimum Gasteiger partial charge on any atom is -0.550 e. The van der Waals surface area contributed by atoms with Gasteiger partial charge in [-0.25, -0.2) is 9.13 Å². The highest BCUT2D eigenvalue weighted by Gasteiger charge is 2.15. The first-order chi connectivity index (χ1) is 12.2. The van der Waals surface area contributed by atoms with Crippen LogP contribution in [0.15, 0.2) is 12.4 Å². The van der Waals surface area contributed by atoms with E-state index in [-0.39, 0.29) is 6.42 Å². The summed E-state index contributed by atoms with van der Waals surface area (Å²) in [5, 5.41) is 10.6. The Bertz CT molecular complexity index is 468. The van der Waals surface area contributed by atoms with E-state index in [1.165, 1.54) is 70.0 Å². The quantitative estimate of drug-likeness (QED) is 0.336. The first kappa shape index (κ1) is 21.7. The van der Waals surface area contributed by atoms with Crippen LogP contribution in [0, 0.1) is 0 Å². The van der Waals surface area contributed by atoms with Crippen LogP contribution in [0.4, 0.5) is 0 Å². The number of hydrogen-bond donors (Lipinski definition) is 0. The van der Waals surface area contributed by atoms with E-state index >= 15 is 0 Å². The van der Waals surface area contributed by atoms with E-state index < -0.39 is 5.97 Å². The Kier molecular flexibility index (Phi) is 12.1. The number of aromatic nitrogens is 2. The summed E-state index contributed by atoms with van der Waals surface area (Å²) in [6, 6.07) is 0. The molecular formula is C21H38N2O2. The number of carbonyl (C=O) groups is 1. The second-order valence-electron chi connectivity index (χ2n) is 7.10. The standard InChI is InChI=1S/C21H38N2O2/c1-3-5-6-7-8-9-10-11-12-13-15-20-22(4-2)18-19-23(20)17-14-16-21(24)25/h18-19H,3-17H2,1-2H3. The molecule has 1 heterocycles. The molecule has 0 radical (unpaired) electrons. The SMILES string of the molecule is CCCCCCCCCCCCc1n(CC)cc[n+]1CCCC(=O)[O-]. The predicted octanol–water partition coefficient (Wildman–Crippen LogP) is 3.79. The number of aliphatic carboxylic acids is 1. The molecule has 0 saturated heterocycles. The number of rotatable bonds is 16. The van der Waals surface area contributed by atoms with Gasteiger partial charge in [0.05, 0.1) is 13.1 Å². The Hall–Kier alpha value is -1.32. The number of aryl methyl sites for hydroxylation is 2. The van der Waals surface area contributed by atoms with Gasteiger partial charge in [0.15, 0.2) is 0 Å². The molecule has 1 rings (SSSR count). The van der Waals surface area contributed by atoms with Gasteiger partial charge in [-0.3, -0.25) is 0 Å². The zero-order valence-corrected chi connectivity index (χ0v) is 16.5. The maximum absolute atomic E-state index is 10.6. The molecule has 0 aromatic carbocycles. The van der Waals surface area contributed by atoms with E-state index in [4.69, 9.17) is 0 Å². The summed E-state index contributed by atoms with van der Waals surface area (Å²) in [6.07, 6.45) is 19.6. The fourth-order valence-corrected chi connectivity index (χ4v) is 3.44. The topological polar surface area (TPSA) is 48.9 Å². The summed E-state index contributed by atoms with van der Waals surface area (Å²) in [5.41, 5.74) is 0. The zero-order chi connectivity index (χ0) is 18.3. The molecule has 0 fully saturated rings. The lowest BCUT2D eigenvalue weighted by Crippen LogP contribution is -2.38. The molecule has 4 heteroatoms. The summed E-state index contributed by atoms with van der Waals surface area (Å²) in [5.74, 6) is 0.382. The number of carboxylic acid groups (broad SMARTS) is 1. The van der Waals surface area contributed by atoms with Gasteiger partial charge in [0.1, 0.15) is 12.4 Å². The predicted molar refractivity (Wildman–Crippen MR) is 100 cm³/mol. The maximum atomic E-state index is 10.6. The molecule has 0 aliphatic heterocycles. The third kappa shape index (κ3) is 9.66. The average molecular weight is 351 g/mol. The first-order valence-electron chi connectivity index (χ1n) is 10.5. The molecule has 0 bridgehead atoms. The molecule has 25 heavy (non-hydrogen) atoms. The second kappa shape index (κ2) is 13.9. The Labute approximate surface area is 154 Å². The van der Waals surface area contributed by atoms with Crippen LogP contribution in [0.5, 0.6) is 0 Å². The molecule has 0 N–H and O–H groups in total. The van der Waals surface area contributed by atoms with Crippen LogP contribution in [-0.2, 0) is 24.3 Å². The van der Waals surface area contributed by atoms with Crippen molar-refractivity contribution in [3.05, 3.63) is 18.2 Å². The lowest BCUT2D eigenvalue weighted by molar-refractivity contribution is -0.704.